The van der Waals surface area contributed by atoms with Crippen LogP contribution in [0.2, 0.25) is 0 Å². The number of nitrogens with zero attached hydrogens (tertiary/aromatic N) is 1. The van der Waals surface area contributed by atoms with Crippen LogP contribution in [0.25, 0.3) is 0 Å². The Kier molecular flexibility index (Phi) is 6.20. The molecular formula is C17H17BrN2O4. The highest BCUT2D eigenvalue weighted by molar-refractivity contribution is 9.10. The highest BCUT2D eigenvalue weighted by atomic mass is 79.9. The molecule has 0 aliphatic heterocycles. The monoisotopic (exact) mass is 392 g/mol. The van der Waals surface area contributed by atoms with E-state index in [9.17, 15) is 4.79 Å². The molecule has 0 saturated heterocycles. The van der Waals surface area contributed by atoms with Crippen molar-refractivity contribution < 1.29 is 19.0 Å². The summed E-state index contributed by atoms with van der Waals surface area (Å²) in [5, 5.41) is 3.97. The lowest BCUT2D eigenvalue weighted by molar-refractivity contribution is 0.0952. The number of nitrogens with one attached hydrogen (secondary N) is 1. The van der Waals surface area contributed by atoms with Gasteiger partial charge in [-0.15, -0.1) is 0 Å². The van der Waals surface area contributed by atoms with E-state index in [1.165, 1.54) is 13.3 Å². The summed E-state index contributed by atoms with van der Waals surface area (Å²) in [6.07, 6.45) is 1.50. The van der Waals surface area contributed by atoms with Crippen molar-refractivity contribution in [2.45, 2.75) is 0 Å². The summed E-state index contributed by atoms with van der Waals surface area (Å²) < 4.78 is 16.4. The van der Waals surface area contributed by atoms with Gasteiger partial charge in [0.15, 0.2) is 0 Å². The van der Waals surface area contributed by atoms with Gasteiger partial charge in [0.05, 0.1) is 33.1 Å². The van der Waals surface area contributed by atoms with Crippen LogP contribution in [0.1, 0.15) is 15.9 Å². The number of hydrogen-bond donors (Lipinski definition) is 1. The first-order valence-corrected chi connectivity index (χ1v) is 7.77. The Morgan fingerprint density at radius 1 is 1.04 bits per heavy atom. The molecule has 1 N–H and O–H groups in total. The second-order valence-corrected chi connectivity index (χ2v) is 5.57. The average molecular weight is 393 g/mol. The summed E-state index contributed by atoms with van der Waals surface area (Å²) in [6, 6.07) is 10.5. The third kappa shape index (κ3) is 4.26. The van der Waals surface area contributed by atoms with Gasteiger partial charge in [0.1, 0.15) is 17.2 Å². The van der Waals surface area contributed by atoms with Crippen molar-refractivity contribution in [2.24, 2.45) is 5.10 Å². The zero-order valence-electron chi connectivity index (χ0n) is 13.5. The molecule has 0 fully saturated rings. The maximum Gasteiger partial charge on any atom is 0.275 e. The molecular weight excluding hydrogens is 376 g/mol. The summed E-state index contributed by atoms with van der Waals surface area (Å²) in [5.74, 6) is 1.35. The maximum atomic E-state index is 12.2. The van der Waals surface area contributed by atoms with Crippen LogP contribution in [0.3, 0.4) is 0 Å². The van der Waals surface area contributed by atoms with Crippen LogP contribution in [-0.4, -0.2) is 33.5 Å². The number of hydrogen-bond acceptors (Lipinski definition) is 5. The van der Waals surface area contributed by atoms with E-state index in [2.05, 4.69) is 26.5 Å². The van der Waals surface area contributed by atoms with Crippen LogP contribution in [0, 0.1) is 0 Å². The average Bonchev–Trinajstić information content (AvgIpc) is 2.61. The zero-order valence-corrected chi connectivity index (χ0v) is 15.1. The summed E-state index contributed by atoms with van der Waals surface area (Å²) >= 11 is 3.33. The van der Waals surface area contributed by atoms with Crippen LogP contribution < -0.4 is 19.6 Å². The Hall–Kier alpha value is -2.54. The van der Waals surface area contributed by atoms with E-state index in [1.807, 2.05) is 0 Å². The highest BCUT2D eigenvalue weighted by Gasteiger charge is 2.12. The summed E-state index contributed by atoms with van der Waals surface area (Å²) in [6.45, 7) is 0. The topological polar surface area (TPSA) is 69.2 Å². The smallest absolute Gasteiger partial charge is 0.275 e. The fourth-order valence-corrected chi connectivity index (χ4v) is 2.36. The predicted octanol–water partition coefficient (Wildman–Crippen LogP) is 3.24. The molecule has 2 rings (SSSR count). The number of methoxy groups -OCH3 is 3. The normalized spacial score (nSPS) is 10.5. The van der Waals surface area contributed by atoms with Crippen molar-refractivity contribution >= 4 is 28.1 Å². The Labute approximate surface area is 148 Å². The predicted molar refractivity (Wildman–Crippen MR) is 95.3 cm³/mol. The number of hydrazone groups is 1. The van der Waals surface area contributed by atoms with Gasteiger partial charge in [0, 0.05) is 16.1 Å². The SMILES string of the molecule is COc1ccc(C=NNC(=O)c2cc(Br)ccc2OC)c(OC)c1. The molecule has 2 aromatic rings. The van der Waals surface area contributed by atoms with Gasteiger partial charge in [-0.2, -0.15) is 5.10 Å². The second kappa shape index (κ2) is 8.35. The molecule has 0 radical (unpaired) electrons. The molecule has 0 unspecified atom stereocenters. The van der Waals surface area contributed by atoms with Crippen molar-refractivity contribution in [1.82, 2.24) is 5.43 Å². The molecule has 2 aromatic carbocycles. The van der Waals surface area contributed by atoms with Crippen LogP contribution >= 0.6 is 15.9 Å². The van der Waals surface area contributed by atoms with E-state index in [4.69, 9.17) is 14.2 Å². The van der Waals surface area contributed by atoms with Crippen molar-refractivity contribution in [3.05, 3.63) is 52.0 Å². The summed E-state index contributed by atoms with van der Waals surface area (Å²) in [7, 11) is 4.64. The fourth-order valence-electron chi connectivity index (χ4n) is 2.00. The molecule has 126 valence electrons. The first-order chi connectivity index (χ1) is 11.6. The number of benzene rings is 2. The molecule has 7 heteroatoms. The zero-order chi connectivity index (χ0) is 17.5. The molecule has 0 aliphatic rings. The molecule has 0 atom stereocenters. The quantitative estimate of drug-likeness (QED) is 0.605. The number of halogens is 1. The highest BCUT2D eigenvalue weighted by Crippen LogP contribution is 2.24. The van der Waals surface area contributed by atoms with Gasteiger partial charge < -0.3 is 14.2 Å². The minimum atomic E-state index is -0.378. The summed E-state index contributed by atoms with van der Waals surface area (Å²) in [5.41, 5.74) is 3.56. The minimum Gasteiger partial charge on any atom is -0.497 e. The third-order valence-corrected chi connectivity index (χ3v) is 3.71. The van der Waals surface area contributed by atoms with E-state index in [1.54, 1.807) is 50.6 Å². The van der Waals surface area contributed by atoms with Crippen LogP contribution in [0.4, 0.5) is 0 Å². The molecule has 0 bridgehead atoms. The molecule has 0 spiro atoms. The first-order valence-electron chi connectivity index (χ1n) is 6.98. The Morgan fingerprint density at radius 2 is 1.79 bits per heavy atom. The number of carbonyl (C=O) groups excluding carboxylic acids is 1. The van der Waals surface area contributed by atoms with Crippen molar-refractivity contribution in [2.75, 3.05) is 21.3 Å². The van der Waals surface area contributed by atoms with Crippen molar-refractivity contribution in [3.8, 4) is 17.2 Å². The fraction of sp³-hybridized carbons (Fsp3) is 0.176. The first kappa shape index (κ1) is 17.8. The molecule has 0 heterocycles. The lowest BCUT2D eigenvalue weighted by Crippen LogP contribution is -2.18. The second-order valence-electron chi connectivity index (χ2n) is 4.65. The van der Waals surface area contributed by atoms with E-state index >= 15 is 0 Å². The standard InChI is InChI=1S/C17H17BrN2O4/c1-22-13-6-4-11(16(9-13)24-3)10-19-20-17(21)14-8-12(18)5-7-15(14)23-2/h4-10H,1-3H3,(H,20,21). The van der Waals surface area contributed by atoms with E-state index in [0.29, 0.717) is 28.4 Å². The van der Waals surface area contributed by atoms with Gasteiger partial charge in [0.2, 0.25) is 0 Å². The van der Waals surface area contributed by atoms with Crippen LogP contribution in [0.15, 0.2) is 46.0 Å². The lowest BCUT2D eigenvalue weighted by Gasteiger charge is -2.08. The van der Waals surface area contributed by atoms with Gasteiger partial charge in [-0.3, -0.25) is 4.79 Å². The van der Waals surface area contributed by atoms with Crippen molar-refractivity contribution in [1.29, 1.82) is 0 Å². The largest absolute Gasteiger partial charge is 0.497 e. The van der Waals surface area contributed by atoms with Gasteiger partial charge >= 0.3 is 0 Å². The van der Waals surface area contributed by atoms with Gasteiger partial charge in [-0.25, -0.2) is 5.43 Å². The van der Waals surface area contributed by atoms with Crippen LogP contribution in [-0.2, 0) is 0 Å². The van der Waals surface area contributed by atoms with E-state index < -0.39 is 0 Å². The number of carbonyl (C=O) groups is 1. The molecule has 1 amide bonds. The van der Waals surface area contributed by atoms with Gasteiger partial charge in [-0.05, 0) is 30.3 Å². The summed E-state index contributed by atoms with van der Waals surface area (Å²) in [4.78, 5) is 12.2. The Balaban J connectivity index is 2.14. The van der Waals surface area contributed by atoms with Gasteiger partial charge in [-0.1, -0.05) is 15.9 Å². The minimum absolute atomic E-state index is 0.378. The number of amides is 1. The molecule has 0 aliphatic carbocycles. The number of rotatable bonds is 6. The lowest BCUT2D eigenvalue weighted by atomic mass is 10.2. The molecule has 6 nitrogen and oxygen atoms in total. The number of ether oxygens (including phenoxy) is 3. The molecule has 0 saturated carbocycles. The third-order valence-electron chi connectivity index (χ3n) is 3.22. The Morgan fingerprint density at radius 3 is 2.46 bits per heavy atom. The van der Waals surface area contributed by atoms with E-state index in [-0.39, 0.29) is 5.91 Å². The maximum absolute atomic E-state index is 12.2. The van der Waals surface area contributed by atoms with Gasteiger partial charge in [0.25, 0.3) is 5.91 Å². The Bertz CT molecular complexity index is 762. The van der Waals surface area contributed by atoms with Crippen molar-refractivity contribution in [3.63, 3.8) is 0 Å². The van der Waals surface area contributed by atoms with Crippen LogP contribution in [0.5, 0.6) is 17.2 Å². The van der Waals surface area contributed by atoms with E-state index in [0.717, 1.165) is 4.47 Å². The molecule has 24 heavy (non-hydrogen) atoms. The molecule has 0 aromatic heterocycles.